The molecule has 0 atom stereocenters. The number of hydrogen-bond acceptors (Lipinski definition) is 4. The summed E-state index contributed by atoms with van der Waals surface area (Å²) in [6.45, 7) is 1.61. The van der Waals surface area contributed by atoms with E-state index in [1.54, 1.807) is 39.2 Å². The average Bonchev–Trinajstić information content (AvgIpc) is 2.52. The predicted octanol–water partition coefficient (Wildman–Crippen LogP) is 2.92. The number of carbonyl (C=O) groups excluding carboxylic acids is 1. The highest BCUT2D eigenvalue weighted by Gasteiger charge is 2.16. The number of rotatable bonds is 6. The van der Waals surface area contributed by atoms with Crippen molar-refractivity contribution >= 4 is 33.2 Å². The van der Waals surface area contributed by atoms with Crippen molar-refractivity contribution in [2.24, 2.45) is 0 Å². The number of aryl methyl sites for hydroxylation is 1. The summed E-state index contributed by atoms with van der Waals surface area (Å²) >= 11 is 5.87. The summed E-state index contributed by atoms with van der Waals surface area (Å²) in [5.41, 5.74) is 0.989. The Morgan fingerprint density at radius 1 is 1.20 bits per heavy atom. The summed E-state index contributed by atoms with van der Waals surface area (Å²) in [4.78, 5) is 13.1. The van der Waals surface area contributed by atoms with E-state index >= 15 is 0 Å². The van der Waals surface area contributed by atoms with Crippen molar-refractivity contribution in [3.63, 3.8) is 0 Å². The number of carbonyl (C=O) groups is 1. The van der Waals surface area contributed by atoms with Crippen molar-refractivity contribution in [1.82, 2.24) is 4.90 Å². The number of halogens is 1. The third kappa shape index (κ3) is 5.11. The Morgan fingerprint density at radius 2 is 1.92 bits per heavy atom. The summed E-state index contributed by atoms with van der Waals surface area (Å²) < 4.78 is 32.9. The molecule has 0 spiro atoms. The first-order valence-corrected chi connectivity index (χ1v) is 9.27. The number of hydrogen-bond donors (Lipinski definition) is 1. The largest absolute Gasteiger partial charge is 0.483 e. The van der Waals surface area contributed by atoms with Crippen LogP contribution in [-0.4, -0.2) is 39.9 Å². The topological polar surface area (TPSA) is 75.7 Å². The number of nitrogens with zero attached hydrogens (tertiary/aromatic N) is 1. The number of amides is 1. The van der Waals surface area contributed by atoms with E-state index in [1.807, 2.05) is 0 Å². The number of anilines is 1. The van der Waals surface area contributed by atoms with Gasteiger partial charge in [0.1, 0.15) is 5.75 Å². The first-order valence-electron chi connectivity index (χ1n) is 7.41. The average molecular weight is 383 g/mol. The van der Waals surface area contributed by atoms with Gasteiger partial charge < -0.3 is 9.64 Å². The summed E-state index contributed by atoms with van der Waals surface area (Å²) in [5, 5.41) is 0.436. The molecule has 1 N–H and O–H groups in total. The first-order chi connectivity index (χ1) is 11.7. The fraction of sp³-hybridized carbons (Fsp3) is 0.235. The van der Waals surface area contributed by atoms with Gasteiger partial charge in [0, 0.05) is 19.1 Å². The molecule has 2 aromatic rings. The van der Waals surface area contributed by atoms with Crippen LogP contribution in [0.2, 0.25) is 5.02 Å². The van der Waals surface area contributed by atoms with E-state index in [0.717, 1.165) is 0 Å². The van der Waals surface area contributed by atoms with E-state index < -0.39 is 10.0 Å². The lowest BCUT2D eigenvalue weighted by Gasteiger charge is -2.14. The lowest BCUT2D eigenvalue weighted by Crippen LogP contribution is -2.27. The molecule has 0 aliphatic heterocycles. The van der Waals surface area contributed by atoms with Gasteiger partial charge in [-0.05, 0) is 48.9 Å². The van der Waals surface area contributed by atoms with E-state index in [2.05, 4.69) is 4.72 Å². The second kappa shape index (κ2) is 7.76. The fourth-order valence-corrected chi connectivity index (χ4v) is 3.31. The van der Waals surface area contributed by atoms with Gasteiger partial charge in [-0.2, -0.15) is 0 Å². The summed E-state index contributed by atoms with van der Waals surface area (Å²) in [5.74, 6) is 0.274. The van der Waals surface area contributed by atoms with Crippen LogP contribution in [0.1, 0.15) is 5.56 Å². The standard InChI is InChI=1S/C17H19ClN2O4S/c1-12-9-15(7-8-16(12)24-11-17(21)20(2)3)25(22,23)19-14-6-4-5-13(18)10-14/h4-10,19H,11H2,1-3H3. The third-order valence-corrected chi connectivity index (χ3v) is 5.00. The molecule has 25 heavy (non-hydrogen) atoms. The van der Waals surface area contributed by atoms with Gasteiger partial charge in [-0.15, -0.1) is 0 Å². The van der Waals surface area contributed by atoms with Crippen LogP contribution in [0, 0.1) is 6.92 Å². The van der Waals surface area contributed by atoms with Gasteiger partial charge in [-0.1, -0.05) is 17.7 Å². The van der Waals surface area contributed by atoms with Crippen molar-refractivity contribution < 1.29 is 17.9 Å². The van der Waals surface area contributed by atoms with Gasteiger partial charge in [-0.25, -0.2) is 8.42 Å². The van der Waals surface area contributed by atoms with Crippen LogP contribution in [0.4, 0.5) is 5.69 Å². The Bertz CT molecular complexity index is 882. The Kier molecular flexibility index (Phi) is 5.92. The normalized spacial score (nSPS) is 11.0. The van der Waals surface area contributed by atoms with Gasteiger partial charge in [0.25, 0.3) is 15.9 Å². The minimum absolute atomic E-state index is 0.0938. The zero-order valence-corrected chi connectivity index (χ0v) is 15.7. The van der Waals surface area contributed by atoms with E-state index in [1.165, 1.54) is 29.2 Å². The number of sulfonamides is 1. The van der Waals surface area contributed by atoms with Crippen molar-refractivity contribution in [2.75, 3.05) is 25.4 Å². The van der Waals surface area contributed by atoms with Gasteiger partial charge in [0.05, 0.1) is 10.6 Å². The quantitative estimate of drug-likeness (QED) is 0.833. The van der Waals surface area contributed by atoms with Crippen LogP contribution in [-0.2, 0) is 14.8 Å². The minimum atomic E-state index is -3.75. The van der Waals surface area contributed by atoms with Crippen molar-refractivity contribution in [3.05, 3.63) is 53.1 Å². The lowest BCUT2D eigenvalue weighted by molar-refractivity contribution is -0.130. The van der Waals surface area contributed by atoms with E-state index in [-0.39, 0.29) is 17.4 Å². The second-order valence-electron chi connectivity index (χ2n) is 5.62. The highest BCUT2D eigenvalue weighted by molar-refractivity contribution is 7.92. The number of nitrogens with one attached hydrogen (secondary N) is 1. The van der Waals surface area contributed by atoms with Crippen LogP contribution in [0.25, 0.3) is 0 Å². The molecule has 2 aromatic carbocycles. The van der Waals surface area contributed by atoms with E-state index in [9.17, 15) is 13.2 Å². The molecule has 134 valence electrons. The first kappa shape index (κ1) is 19.1. The molecule has 0 saturated carbocycles. The molecule has 0 radical (unpaired) electrons. The van der Waals surface area contributed by atoms with Crippen LogP contribution in [0.5, 0.6) is 5.75 Å². The SMILES string of the molecule is Cc1cc(S(=O)(=O)Nc2cccc(Cl)c2)ccc1OCC(=O)N(C)C. The number of benzene rings is 2. The molecule has 0 aliphatic rings. The van der Waals surface area contributed by atoms with Crippen LogP contribution in [0.3, 0.4) is 0 Å². The van der Waals surface area contributed by atoms with E-state index in [4.69, 9.17) is 16.3 Å². The Hall–Kier alpha value is -2.25. The van der Waals surface area contributed by atoms with Crippen molar-refractivity contribution in [2.45, 2.75) is 11.8 Å². The summed E-state index contributed by atoms with van der Waals surface area (Å²) in [6.07, 6.45) is 0. The number of ether oxygens (including phenoxy) is 1. The Labute approximate surface area is 152 Å². The third-order valence-electron chi connectivity index (χ3n) is 3.38. The Morgan fingerprint density at radius 3 is 2.52 bits per heavy atom. The van der Waals surface area contributed by atoms with Gasteiger partial charge in [0.15, 0.2) is 6.61 Å². The molecular weight excluding hydrogens is 364 g/mol. The minimum Gasteiger partial charge on any atom is -0.483 e. The van der Waals surface area contributed by atoms with Gasteiger partial charge in [-0.3, -0.25) is 9.52 Å². The maximum Gasteiger partial charge on any atom is 0.261 e. The molecule has 0 fully saturated rings. The molecule has 0 saturated heterocycles. The predicted molar refractivity (Wildman–Crippen MR) is 97.6 cm³/mol. The van der Waals surface area contributed by atoms with Crippen LogP contribution >= 0.6 is 11.6 Å². The Balaban J connectivity index is 2.17. The molecule has 0 heterocycles. The molecule has 2 rings (SSSR count). The van der Waals surface area contributed by atoms with Gasteiger partial charge >= 0.3 is 0 Å². The van der Waals surface area contributed by atoms with Crippen LogP contribution in [0.15, 0.2) is 47.4 Å². The molecule has 6 nitrogen and oxygen atoms in total. The molecule has 8 heteroatoms. The van der Waals surface area contributed by atoms with Crippen molar-refractivity contribution in [1.29, 1.82) is 0 Å². The number of likely N-dealkylation sites (N-methyl/N-ethyl adjacent to an activating group) is 1. The molecule has 0 aromatic heterocycles. The zero-order chi connectivity index (χ0) is 18.6. The zero-order valence-electron chi connectivity index (χ0n) is 14.1. The smallest absolute Gasteiger partial charge is 0.261 e. The maximum atomic E-state index is 12.5. The maximum absolute atomic E-state index is 12.5. The molecule has 1 amide bonds. The second-order valence-corrected chi connectivity index (χ2v) is 7.74. The molecule has 0 unspecified atom stereocenters. The van der Waals surface area contributed by atoms with Crippen LogP contribution < -0.4 is 9.46 Å². The lowest BCUT2D eigenvalue weighted by atomic mass is 10.2. The fourth-order valence-electron chi connectivity index (χ4n) is 1.99. The molecule has 0 aliphatic carbocycles. The monoisotopic (exact) mass is 382 g/mol. The summed E-state index contributed by atoms with van der Waals surface area (Å²) in [6, 6.07) is 10.9. The highest BCUT2D eigenvalue weighted by Crippen LogP contribution is 2.24. The van der Waals surface area contributed by atoms with Crippen molar-refractivity contribution in [3.8, 4) is 5.75 Å². The highest BCUT2D eigenvalue weighted by atomic mass is 35.5. The molecular formula is C17H19ClN2O4S. The van der Waals surface area contributed by atoms with Gasteiger partial charge in [0.2, 0.25) is 0 Å². The van der Waals surface area contributed by atoms with E-state index in [0.29, 0.717) is 22.0 Å². The molecule has 0 bridgehead atoms. The summed E-state index contributed by atoms with van der Waals surface area (Å²) in [7, 11) is -0.484.